The number of aromatic nitrogens is 1. The van der Waals surface area contributed by atoms with Crippen LogP contribution in [0, 0.1) is 0 Å². The highest BCUT2D eigenvalue weighted by Gasteiger charge is 2.35. The summed E-state index contributed by atoms with van der Waals surface area (Å²) in [6.07, 6.45) is 1.94. The minimum Gasteiger partial charge on any atom is -0.480 e. The Labute approximate surface area is 148 Å². The van der Waals surface area contributed by atoms with Gasteiger partial charge in [-0.25, -0.2) is 4.79 Å². The minimum atomic E-state index is -1.10. The van der Waals surface area contributed by atoms with E-state index in [1.165, 1.54) is 23.6 Å². The fourth-order valence-corrected chi connectivity index (χ4v) is 4.18. The van der Waals surface area contributed by atoms with Crippen molar-refractivity contribution in [2.24, 2.45) is 0 Å². The van der Waals surface area contributed by atoms with Crippen molar-refractivity contribution < 1.29 is 19.5 Å². The van der Waals surface area contributed by atoms with Crippen LogP contribution in [0.15, 0.2) is 30.5 Å². The van der Waals surface area contributed by atoms with E-state index in [2.05, 4.69) is 10.3 Å². The topological polar surface area (TPSA) is 103 Å². The number of hydrogen-bond donors (Lipinski definition) is 3. The number of nitrogens with one attached hydrogen (secondary N) is 2. The standard InChI is InChI=1S/C17H19N3O4S/c1-10(21)20-9-25-8-15(20)16(22)19-14(17(23)24)6-11-7-18-13-5-3-2-4-12(11)13/h2-5,7,14-15,18H,6,8-9H2,1H3,(H,19,22)(H,23,24)/t14-,15+/m0/s1. The van der Waals surface area contributed by atoms with Gasteiger partial charge in [-0.2, -0.15) is 0 Å². The number of carbonyl (C=O) groups is 3. The molecule has 1 aromatic carbocycles. The first-order valence-corrected chi connectivity index (χ1v) is 9.06. The number of thioether (sulfide) groups is 1. The lowest BCUT2D eigenvalue weighted by atomic mass is 10.0. The van der Waals surface area contributed by atoms with Gasteiger partial charge >= 0.3 is 5.97 Å². The third-order valence-electron chi connectivity index (χ3n) is 4.30. The van der Waals surface area contributed by atoms with Crippen molar-refractivity contribution in [1.82, 2.24) is 15.2 Å². The lowest BCUT2D eigenvalue weighted by Crippen LogP contribution is -2.52. The molecule has 0 unspecified atom stereocenters. The maximum absolute atomic E-state index is 12.5. The zero-order valence-corrected chi connectivity index (χ0v) is 14.5. The molecule has 2 heterocycles. The molecule has 2 atom stereocenters. The number of amides is 2. The van der Waals surface area contributed by atoms with E-state index < -0.39 is 24.0 Å². The Hall–Kier alpha value is -2.48. The van der Waals surface area contributed by atoms with Crippen LogP contribution in [-0.4, -0.2) is 56.5 Å². The van der Waals surface area contributed by atoms with Crippen molar-refractivity contribution in [2.75, 3.05) is 11.6 Å². The Kier molecular flexibility index (Phi) is 4.98. The Balaban J connectivity index is 1.74. The number of aromatic amines is 1. The van der Waals surface area contributed by atoms with E-state index in [4.69, 9.17) is 0 Å². The van der Waals surface area contributed by atoms with E-state index >= 15 is 0 Å². The molecule has 0 bridgehead atoms. The quantitative estimate of drug-likeness (QED) is 0.743. The van der Waals surface area contributed by atoms with E-state index in [0.29, 0.717) is 11.6 Å². The van der Waals surface area contributed by atoms with Crippen LogP contribution in [0.1, 0.15) is 12.5 Å². The highest BCUT2D eigenvalue weighted by atomic mass is 32.2. The smallest absolute Gasteiger partial charge is 0.326 e. The second kappa shape index (κ2) is 7.18. The first-order valence-electron chi connectivity index (χ1n) is 7.90. The summed E-state index contributed by atoms with van der Waals surface area (Å²) >= 11 is 1.48. The van der Waals surface area contributed by atoms with Crippen molar-refractivity contribution in [1.29, 1.82) is 0 Å². The predicted molar refractivity (Wildman–Crippen MR) is 95.2 cm³/mol. The number of nitrogens with zero attached hydrogens (tertiary/aromatic N) is 1. The number of carbonyl (C=O) groups excluding carboxylic acids is 2. The van der Waals surface area contributed by atoms with Gasteiger partial charge in [0.05, 0.1) is 5.88 Å². The molecule has 2 aromatic rings. The van der Waals surface area contributed by atoms with Crippen LogP contribution < -0.4 is 5.32 Å². The van der Waals surface area contributed by atoms with Gasteiger partial charge in [0, 0.05) is 36.2 Å². The largest absolute Gasteiger partial charge is 0.480 e. The fraction of sp³-hybridized carbons (Fsp3) is 0.353. The van der Waals surface area contributed by atoms with Crippen molar-refractivity contribution in [3.05, 3.63) is 36.0 Å². The molecule has 0 spiro atoms. The van der Waals surface area contributed by atoms with Crippen LogP contribution >= 0.6 is 11.8 Å². The molecule has 1 fully saturated rings. The molecular formula is C17H19N3O4S. The number of carboxylic acids is 1. The van der Waals surface area contributed by atoms with Gasteiger partial charge in [-0.3, -0.25) is 9.59 Å². The third kappa shape index (κ3) is 3.63. The lowest BCUT2D eigenvalue weighted by Gasteiger charge is -2.23. The first kappa shape index (κ1) is 17.3. The Morgan fingerprint density at radius 1 is 1.40 bits per heavy atom. The summed E-state index contributed by atoms with van der Waals surface area (Å²) in [7, 11) is 0. The fourth-order valence-electron chi connectivity index (χ4n) is 2.96. The molecule has 1 aliphatic heterocycles. The first-order chi connectivity index (χ1) is 12.0. The van der Waals surface area contributed by atoms with Gasteiger partial charge in [0.25, 0.3) is 0 Å². The molecule has 2 amide bonds. The minimum absolute atomic E-state index is 0.172. The Bertz CT molecular complexity index is 819. The van der Waals surface area contributed by atoms with Crippen molar-refractivity contribution in [3.8, 4) is 0 Å². The molecule has 3 N–H and O–H groups in total. The van der Waals surface area contributed by atoms with Gasteiger partial charge in [0.15, 0.2) is 0 Å². The average molecular weight is 361 g/mol. The number of fused-ring (bicyclic) bond motifs is 1. The average Bonchev–Trinajstić information content (AvgIpc) is 3.21. The summed E-state index contributed by atoms with van der Waals surface area (Å²) in [6.45, 7) is 1.41. The highest BCUT2D eigenvalue weighted by molar-refractivity contribution is 7.99. The molecule has 1 aliphatic rings. The summed E-state index contributed by atoms with van der Waals surface area (Å²) < 4.78 is 0. The molecule has 132 valence electrons. The number of rotatable bonds is 5. The maximum Gasteiger partial charge on any atom is 0.326 e. The second-order valence-electron chi connectivity index (χ2n) is 5.97. The Morgan fingerprint density at radius 3 is 2.88 bits per heavy atom. The predicted octanol–water partition coefficient (Wildman–Crippen LogP) is 1.20. The number of carboxylic acid groups (broad SMARTS) is 1. The van der Waals surface area contributed by atoms with Crippen LogP contribution in [0.3, 0.4) is 0 Å². The van der Waals surface area contributed by atoms with E-state index in [1.807, 2.05) is 24.3 Å². The molecule has 3 rings (SSSR count). The monoisotopic (exact) mass is 361 g/mol. The molecule has 25 heavy (non-hydrogen) atoms. The molecule has 7 nitrogen and oxygen atoms in total. The van der Waals surface area contributed by atoms with E-state index in [0.717, 1.165) is 16.5 Å². The molecule has 8 heteroatoms. The van der Waals surface area contributed by atoms with E-state index in [9.17, 15) is 19.5 Å². The molecule has 1 aromatic heterocycles. The summed E-state index contributed by atoms with van der Waals surface area (Å²) in [4.78, 5) is 40.3. The number of para-hydroxylation sites is 1. The molecule has 0 saturated carbocycles. The zero-order chi connectivity index (χ0) is 18.0. The third-order valence-corrected chi connectivity index (χ3v) is 5.32. The zero-order valence-electron chi connectivity index (χ0n) is 13.7. The molecule has 0 radical (unpaired) electrons. The summed E-state index contributed by atoms with van der Waals surface area (Å²) in [5.74, 6) is -0.780. The number of hydrogen-bond acceptors (Lipinski definition) is 4. The second-order valence-corrected chi connectivity index (χ2v) is 6.97. The number of H-pyrrole nitrogens is 1. The van der Waals surface area contributed by atoms with Crippen LogP contribution in [0.5, 0.6) is 0 Å². The van der Waals surface area contributed by atoms with E-state index in [1.54, 1.807) is 6.20 Å². The van der Waals surface area contributed by atoms with Gasteiger partial charge in [-0.15, -0.1) is 11.8 Å². The highest BCUT2D eigenvalue weighted by Crippen LogP contribution is 2.22. The van der Waals surface area contributed by atoms with Gasteiger partial charge < -0.3 is 20.3 Å². The van der Waals surface area contributed by atoms with Crippen LogP contribution in [-0.2, 0) is 20.8 Å². The number of benzene rings is 1. The molecular weight excluding hydrogens is 342 g/mol. The lowest BCUT2D eigenvalue weighted by molar-refractivity contribution is -0.143. The summed E-state index contributed by atoms with van der Waals surface area (Å²) in [6, 6.07) is 5.93. The van der Waals surface area contributed by atoms with Crippen LogP contribution in [0.4, 0.5) is 0 Å². The van der Waals surface area contributed by atoms with Crippen molar-refractivity contribution in [2.45, 2.75) is 25.4 Å². The normalized spacial score (nSPS) is 18.3. The molecule has 1 saturated heterocycles. The maximum atomic E-state index is 12.5. The Morgan fingerprint density at radius 2 is 2.16 bits per heavy atom. The van der Waals surface area contributed by atoms with E-state index in [-0.39, 0.29) is 12.3 Å². The SMILES string of the molecule is CC(=O)N1CSC[C@@H]1C(=O)N[C@@H](Cc1c[nH]c2ccccc12)C(=O)O. The van der Waals surface area contributed by atoms with Gasteiger partial charge in [-0.1, -0.05) is 18.2 Å². The molecule has 0 aliphatic carbocycles. The van der Waals surface area contributed by atoms with Crippen molar-refractivity contribution in [3.63, 3.8) is 0 Å². The van der Waals surface area contributed by atoms with Gasteiger partial charge in [0.1, 0.15) is 12.1 Å². The number of aliphatic carboxylic acids is 1. The van der Waals surface area contributed by atoms with Gasteiger partial charge in [-0.05, 0) is 11.6 Å². The van der Waals surface area contributed by atoms with Crippen molar-refractivity contribution >= 4 is 40.4 Å². The van der Waals surface area contributed by atoms with Gasteiger partial charge in [0.2, 0.25) is 11.8 Å². The summed E-state index contributed by atoms with van der Waals surface area (Å²) in [5, 5.41) is 13.0. The van der Waals surface area contributed by atoms with Crippen LogP contribution in [0.25, 0.3) is 10.9 Å². The summed E-state index contributed by atoms with van der Waals surface area (Å²) in [5.41, 5.74) is 1.75. The van der Waals surface area contributed by atoms with Crippen LogP contribution in [0.2, 0.25) is 0 Å².